The molecule has 2 aromatic carbocycles. The number of aromatic carboxylic acids is 1. The van der Waals surface area contributed by atoms with Gasteiger partial charge in [-0.25, -0.2) is 23.5 Å². The average Bonchev–Trinajstić information content (AvgIpc) is 2.55. The van der Waals surface area contributed by atoms with Crippen LogP contribution >= 0.6 is 0 Å². The van der Waals surface area contributed by atoms with Gasteiger partial charge in [0.25, 0.3) is 0 Å². The third-order valence-corrected chi connectivity index (χ3v) is 3.20. The summed E-state index contributed by atoms with van der Waals surface area (Å²) >= 11 is 0. The smallest absolute Gasteiger partial charge is 0.373 e. The van der Waals surface area contributed by atoms with Crippen LogP contribution in [0, 0.1) is 11.6 Å². The second kappa shape index (κ2) is 5.92. The quantitative estimate of drug-likeness (QED) is 0.799. The van der Waals surface area contributed by atoms with Gasteiger partial charge in [-0.05, 0) is 54.6 Å². The Morgan fingerprint density at radius 2 is 1.17 bits per heavy atom. The predicted octanol–water partition coefficient (Wildman–Crippen LogP) is 3.79. The number of aromatic nitrogens is 2. The minimum atomic E-state index is -1.28. The average molecular weight is 312 g/mol. The zero-order valence-electron chi connectivity index (χ0n) is 11.7. The van der Waals surface area contributed by atoms with Gasteiger partial charge in [-0.2, -0.15) is 0 Å². The number of rotatable bonds is 3. The lowest BCUT2D eigenvalue weighted by molar-refractivity contribution is 0.0683. The third-order valence-electron chi connectivity index (χ3n) is 3.20. The van der Waals surface area contributed by atoms with Crippen LogP contribution in [-0.2, 0) is 0 Å². The van der Waals surface area contributed by atoms with Gasteiger partial charge in [-0.3, -0.25) is 0 Å². The second-order valence-corrected chi connectivity index (χ2v) is 4.78. The summed E-state index contributed by atoms with van der Waals surface area (Å²) in [5, 5.41) is 9.17. The first-order valence-corrected chi connectivity index (χ1v) is 6.67. The number of benzene rings is 2. The normalized spacial score (nSPS) is 10.5. The minimum absolute atomic E-state index is 0.344. The van der Waals surface area contributed by atoms with Gasteiger partial charge in [0.1, 0.15) is 11.6 Å². The molecule has 6 heteroatoms. The van der Waals surface area contributed by atoms with E-state index in [4.69, 9.17) is 0 Å². The van der Waals surface area contributed by atoms with Crippen LogP contribution in [0.3, 0.4) is 0 Å². The van der Waals surface area contributed by atoms with Crippen molar-refractivity contribution in [3.63, 3.8) is 0 Å². The van der Waals surface area contributed by atoms with Crippen molar-refractivity contribution in [3.05, 3.63) is 72.1 Å². The van der Waals surface area contributed by atoms with Crippen molar-refractivity contribution in [2.24, 2.45) is 0 Å². The van der Waals surface area contributed by atoms with E-state index in [0.29, 0.717) is 22.5 Å². The molecule has 0 saturated carbocycles. The van der Waals surface area contributed by atoms with Crippen molar-refractivity contribution < 1.29 is 18.7 Å². The number of halogens is 2. The summed E-state index contributed by atoms with van der Waals surface area (Å²) in [5.41, 5.74) is 1.80. The topological polar surface area (TPSA) is 63.1 Å². The van der Waals surface area contributed by atoms with E-state index >= 15 is 0 Å². The number of carbonyl (C=O) groups is 1. The van der Waals surface area contributed by atoms with Crippen molar-refractivity contribution in [1.29, 1.82) is 0 Å². The summed E-state index contributed by atoms with van der Waals surface area (Å²) in [6, 6.07) is 12.6. The molecule has 0 fully saturated rings. The molecule has 0 aliphatic heterocycles. The van der Waals surface area contributed by atoms with Gasteiger partial charge >= 0.3 is 5.97 Å². The molecule has 23 heavy (non-hydrogen) atoms. The molecule has 0 amide bonds. The van der Waals surface area contributed by atoms with Gasteiger partial charge in [-0.15, -0.1) is 0 Å². The molecular formula is C17H10F2N2O2. The number of hydrogen-bond donors (Lipinski definition) is 1. The van der Waals surface area contributed by atoms with Crippen molar-refractivity contribution in [2.75, 3.05) is 0 Å². The maximum Gasteiger partial charge on any atom is 0.373 e. The Kier molecular flexibility index (Phi) is 3.80. The van der Waals surface area contributed by atoms with E-state index in [9.17, 15) is 18.7 Å². The van der Waals surface area contributed by atoms with Crippen molar-refractivity contribution >= 4 is 5.97 Å². The Morgan fingerprint density at radius 3 is 1.52 bits per heavy atom. The highest BCUT2D eigenvalue weighted by molar-refractivity contribution is 5.85. The molecule has 1 heterocycles. The largest absolute Gasteiger partial charge is 0.475 e. The molecule has 0 aliphatic carbocycles. The van der Waals surface area contributed by atoms with E-state index in [2.05, 4.69) is 9.97 Å². The first-order chi connectivity index (χ1) is 11.0. The molecule has 0 saturated heterocycles. The van der Waals surface area contributed by atoms with Gasteiger partial charge in [0, 0.05) is 11.1 Å². The number of hydrogen-bond acceptors (Lipinski definition) is 3. The SMILES string of the molecule is O=C(O)c1nc(-c2ccc(F)cc2)cc(-c2ccc(F)cc2)n1. The fraction of sp³-hybridized carbons (Fsp3) is 0. The fourth-order valence-electron chi connectivity index (χ4n) is 2.08. The van der Waals surface area contributed by atoms with E-state index in [1.165, 1.54) is 48.5 Å². The molecule has 0 bridgehead atoms. The van der Waals surface area contributed by atoms with Crippen LogP contribution in [0.1, 0.15) is 10.6 Å². The van der Waals surface area contributed by atoms with Crippen molar-refractivity contribution in [3.8, 4) is 22.5 Å². The molecule has 1 aromatic heterocycles. The molecule has 0 atom stereocenters. The van der Waals surface area contributed by atoms with E-state index in [1.54, 1.807) is 6.07 Å². The lowest BCUT2D eigenvalue weighted by atomic mass is 10.1. The molecule has 3 aromatic rings. The Hall–Kier alpha value is -3.15. The minimum Gasteiger partial charge on any atom is -0.475 e. The Bertz CT molecular complexity index is 799. The Morgan fingerprint density at radius 1 is 0.783 bits per heavy atom. The molecule has 0 radical (unpaired) electrons. The van der Waals surface area contributed by atoms with Crippen LogP contribution in [0.2, 0.25) is 0 Å². The van der Waals surface area contributed by atoms with Gasteiger partial charge in [0.05, 0.1) is 11.4 Å². The molecule has 0 unspecified atom stereocenters. The first kappa shape index (κ1) is 14.8. The van der Waals surface area contributed by atoms with E-state index in [-0.39, 0.29) is 5.82 Å². The molecule has 4 nitrogen and oxygen atoms in total. The van der Waals surface area contributed by atoms with Crippen LogP contribution in [0.5, 0.6) is 0 Å². The molecule has 0 aliphatic rings. The van der Waals surface area contributed by atoms with Gasteiger partial charge in [0.15, 0.2) is 0 Å². The predicted molar refractivity (Wildman–Crippen MR) is 79.8 cm³/mol. The summed E-state index contributed by atoms with van der Waals surface area (Å²) in [6.45, 7) is 0. The van der Waals surface area contributed by atoms with Crippen LogP contribution < -0.4 is 0 Å². The van der Waals surface area contributed by atoms with Crippen molar-refractivity contribution in [2.45, 2.75) is 0 Å². The number of carboxylic acid groups (broad SMARTS) is 1. The standard InChI is InChI=1S/C17H10F2N2O2/c18-12-5-1-10(2-6-12)14-9-15(21-16(20-14)17(22)23)11-3-7-13(19)8-4-11/h1-9H,(H,22,23). The van der Waals surface area contributed by atoms with Crippen LogP contribution in [0.15, 0.2) is 54.6 Å². The zero-order chi connectivity index (χ0) is 16.4. The van der Waals surface area contributed by atoms with Gasteiger partial charge in [-0.1, -0.05) is 0 Å². The lowest BCUT2D eigenvalue weighted by Crippen LogP contribution is -2.06. The molecular weight excluding hydrogens is 302 g/mol. The van der Waals surface area contributed by atoms with E-state index in [1.807, 2.05) is 0 Å². The summed E-state index contributed by atoms with van der Waals surface area (Å²) in [5.74, 6) is -2.47. The Balaban J connectivity index is 2.15. The maximum atomic E-state index is 13.0. The monoisotopic (exact) mass is 312 g/mol. The molecule has 3 rings (SSSR count). The molecule has 1 N–H and O–H groups in total. The van der Waals surface area contributed by atoms with Crippen LogP contribution in [-0.4, -0.2) is 21.0 Å². The highest BCUT2D eigenvalue weighted by Gasteiger charge is 2.13. The molecule has 114 valence electrons. The van der Waals surface area contributed by atoms with Crippen LogP contribution in [0.4, 0.5) is 8.78 Å². The van der Waals surface area contributed by atoms with Crippen LogP contribution in [0.25, 0.3) is 22.5 Å². The zero-order valence-corrected chi connectivity index (χ0v) is 11.7. The maximum absolute atomic E-state index is 13.0. The fourth-order valence-corrected chi connectivity index (χ4v) is 2.08. The third kappa shape index (κ3) is 3.21. The van der Waals surface area contributed by atoms with Crippen molar-refractivity contribution in [1.82, 2.24) is 9.97 Å². The van der Waals surface area contributed by atoms with Gasteiger partial charge < -0.3 is 5.11 Å². The summed E-state index contributed by atoms with van der Waals surface area (Å²) in [7, 11) is 0. The lowest BCUT2D eigenvalue weighted by Gasteiger charge is -2.07. The second-order valence-electron chi connectivity index (χ2n) is 4.78. The Labute approximate surface area is 130 Å². The van der Waals surface area contributed by atoms with E-state index < -0.39 is 17.6 Å². The molecule has 0 spiro atoms. The number of nitrogens with zero attached hydrogens (tertiary/aromatic N) is 2. The summed E-state index contributed by atoms with van der Waals surface area (Å²) in [4.78, 5) is 19.2. The highest BCUT2D eigenvalue weighted by atomic mass is 19.1. The first-order valence-electron chi connectivity index (χ1n) is 6.67. The van der Waals surface area contributed by atoms with E-state index in [0.717, 1.165) is 0 Å². The van der Waals surface area contributed by atoms with Gasteiger partial charge in [0.2, 0.25) is 5.82 Å². The highest BCUT2D eigenvalue weighted by Crippen LogP contribution is 2.24. The number of carboxylic acids is 1. The summed E-state index contributed by atoms with van der Waals surface area (Å²) in [6.07, 6.45) is 0. The summed E-state index contributed by atoms with van der Waals surface area (Å²) < 4.78 is 26.1.